The van der Waals surface area contributed by atoms with Gasteiger partial charge in [0.2, 0.25) is 0 Å². The number of hydrogen-bond acceptors (Lipinski definition) is 3. The number of aromatic amines is 1. The molecular weight excluding hydrogens is 308 g/mol. The van der Waals surface area contributed by atoms with Crippen LogP contribution in [0.15, 0.2) is 52.3 Å². The molecule has 5 heteroatoms. The number of nitrogens with one attached hydrogen (secondary N) is 2. The van der Waals surface area contributed by atoms with Crippen molar-refractivity contribution in [3.63, 3.8) is 0 Å². The molecule has 2 aromatic carbocycles. The number of fused-ring (bicyclic) bond motifs is 1. The second kappa shape index (κ2) is 6.38. The number of carbonyl (C=O) groups is 1. The van der Waals surface area contributed by atoms with Crippen LogP contribution in [0.3, 0.4) is 0 Å². The Labute approximate surface area is 139 Å². The molecule has 0 fully saturated rings. The van der Waals surface area contributed by atoms with Crippen molar-refractivity contribution in [2.75, 3.05) is 14.2 Å². The monoisotopic (exact) mass is 326 g/mol. The third-order valence-corrected chi connectivity index (χ3v) is 4.79. The van der Waals surface area contributed by atoms with E-state index >= 15 is 0 Å². The van der Waals surface area contributed by atoms with Crippen molar-refractivity contribution >= 4 is 28.6 Å². The van der Waals surface area contributed by atoms with Crippen molar-refractivity contribution in [1.29, 1.82) is 0 Å². The van der Waals surface area contributed by atoms with Crippen LogP contribution in [0, 0.1) is 6.92 Å². The van der Waals surface area contributed by atoms with E-state index in [-0.39, 0.29) is 5.91 Å². The number of methoxy groups -OCH3 is 1. The van der Waals surface area contributed by atoms with E-state index in [0.717, 1.165) is 26.4 Å². The van der Waals surface area contributed by atoms with Crippen LogP contribution in [0.1, 0.15) is 16.1 Å². The summed E-state index contributed by atoms with van der Waals surface area (Å²) in [5.74, 6) is 0.629. The highest BCUT2D eigenvalue weighted by Crippen LogP contribution is 2.37. The molecule has 0 unspecified atom stereocenters. The van der Waals surface area contributed by atoms with E-state index in [1.54, 1.807) is 25.9 Å². The maximum Gasteiger partial charge on any atom is 0.268 e. The van der Waals surface area contributed by atoms with Crippen molar-refractivity contribution < 1.29 is 9.53 Å². The Morgan fingerprint density at radius 1 is 1.17 bits per heavy atom. The molecule has 0 aliphatic heterocycles. The van der Waals surface area contributed by atoms with Crippen molar-refractivity contribution in [2.24, 2.45) is 0 Å². The number of carbonyl (C=O) groups excluding carboxylic acids is 1. The van der Waals surface area contributed by atoms with Gasteiger partial charge < -0.3 is 15.0 Å². The predicted octanol–water partition coefficient (Wildman–Crippen LogP) is 4.00. The second-order valence-corrected chi connectivity index (χ2v) is 6.32. The molecule has 1 amide bonds. The molecule has 3 rings (SSSR count). The van der Waals surface area contributed by atoms with Crippen molar-refractivity contribution in [3.8, 4) is 5.75 Å². The van der Waals surface area contributed by atoms with Crippen molar-refractivity contribution in [1.82, 2.24) is 10.3 Å². The van der Waals surface area contributed by atoms with Crippen LogP contribution >= 0.6 is 11.8 Å². The molecule has 118 valence electrons. The van der Waals surface area contributed by atoms with Crippen molar-refractivity contribution in [3.05, 3.63) is 53.7 Å². The van der Waals surface area contributed by atoms with Crippen molar-refractivity contribution in [2.45, 2.75) is 16.7 Å². The smallest absolute Gasteiger partial charge is 0.268 e. The molecular formula is C18H18N2O2S. The number of rotatable bonds is 4. The Morgan fingerprint density at radius 3 is 2.57 bits per heavy atom. The van der Waals surface area contributed by atoms with Gasteiger partial charge in [-0.05, 0) is 31.2 Å². The van der Waals surface area contributed by atoms with Crippen LogP contribution in [0.4, 0.5) is 0 Å². The number of H-pyrrole nitrogens is 1. The quantitative estimate of drug-likeness (QED) is 0.762. The van der Waals surface area contributed by atoms with Gasteiger partial charge in [0.05, 0.1) is 17.5 Å². The topological polar surface area (TPSA) is 54.1 Å². The molecule has 0 saturated heterocycles. The number of amides is 1. The number of hydrogen-bond donors (Lipinski definition) is 2. The fourth-order valence-electron chi connectivity index (χ4n) is 2.39. The average Bonchev–Trinajstić information content (AvgIpc) is 2.93. The van der Waals surface area contributed by atoms with Crippen LogP contribution in [0.25, 0.3) is 10.9 Å². The van der Waals surface area contributed by atoms with Gasteiger partial charge in [-0.3, -0.25) is 4.79 Å². The van der Waals surface area contributed by atoms with Gasteiger partial charge in [0.1, 0.15) is 11.4 Å². The first-order valence-corrected chi connectivity index (χ1v) is 8.10. The number of benzene rings is 2. The highest BCUT2D eigenvalue weighted by molar-refractivity contribution is 7.99. The molecule has 0 atom stereocenters. The molecule has 0 aliphatic carbocycles. The summed E-state index contributed by atoms with van der Waals surface area (Å²) in [4.78, 5) is 17.4. The SMILES string of the molecule is CNC(=O)c1[nH]c2cc(OC)ccc2c1Sc1ccc(C)cc1. The third kappa shape index (κ3) is 3.05. The first-order valence-electron chi connectivity index (χ1n) is 7.28. The molecule has 1 heterocycles. The Bertz CT molecular complexity index is 853. The minimum Gasteiger partial charge on any atom is -0.497 e. The summed E-state index contributed by atoms with van der Waals surface area (Å²) in [6.07, 6.45) is 0. The summed E-state index contributed by atoms with van der Waals surface area (Å²) in [7, 11) is 3.26. The maximum absolute atomic E-state index is 12.2. The van der Waals surface area contributed by atoms with Crippen LogP contribution < -0.4 is 10.1 Å². The van der Waals surface area contributed by atoms with Gasteiger partial charge in [-0.15, -0.1) is 0 Å². The summed E-state index contributed by atoms with van der Waals surface area (Å²) >= 11 is 1.58. The molecule has 1 aromatic heterocycles. The van der Waals surface area contributed by atoms with Crippen LogP contribution in [-0.4, -0.2) is 25.0 Å². The number of aryl methyl sites for hydroxylation is 1. The minimum absolute atomic E-state index is 0.130. The van der Waals surface area contributed by atoms with E-state index in [4.69, 9.17) is 4.74 Å². The fraction of sp³-hybridized carbons (Fsp3) is 0.167. The Kier molecular flexibility index (Phi) is 4.30. The molecule has 0 radical (unpaired) electrons. The van der Waals surface area contributed by atoms with E-state index in [1.807, 2.05) is 18.2 Å². The Morgan fingerprint density at radius 2 is 1.91 bits per heavy atom. The molecule has 0 saturated carbocycles. The summed E-state index contributed by atoms with van der Waals surface area (Å²) in [6, 6.07) is 14.1. The first-order chi connectivity index (χ1) is 11.1. The van der Waals surface area contributed by atoms with E-state index in [0.29, 0.717) is 5.69 Å². The molecule has 3 aromatic rings. The van der Waals surface area contributed by atoms with Gasteiger partial charge in [0.15, 0.2) is 0 Å². The van der Waals surface area contributed by atoms with Gasteiger partial charge in [-0.1, -0.05) is 29.5 Å². The van der Waals surface area contributed by atoms with E-state index in [9.17, 15) is 4.79 Å². The Balaban J connectivity index is 2.11. The summed E-state index contributed by atoms with van der Waals surface area (Å²) in [5.41, 5.74) is 2.67. The lowest BCUT2D eigenvalue weighted by molar-refractivity contribution is 0.0956. The van der Waals surface area contributed by atoms with Crippen LogP contribution in [0.2, 0.25) is 0 Å². The zero-order valence-electron chi connectivity index (χ0n) is 13.3. The van der Waals surface area contributed by atoms with Gasteiger partial charge >= 0.3 is 0 Å². The maximum atomic E-state index is 12.2. The average molecular weight is 326 g/mol. The molecule has 2 N–H and O–H groups in total. The molecule has 0 bridgehead atoms. The van der Waals surface area contributed by atoms with E-state index in [2.05, 4.69) is 41.5 Å². The number of aromatic nitrogens is 1. The molecule has 4 nitrogen and oxygen atoms in total. The third-order valence-electron chi connectivity index (χ3n) is 3.65. The Hall–Kier alpha value is -2.40. The molecule has 23 heavy (non-hydrogen) atoms. The van der Waals surface area contributed by atoms with Gasteiger partial charge in [0, 0.05) is 23.4 Å². The highest BCUT2D eigenvalue weighted by Gasteiger charge is 2.18. The largest absolute Gasteiger partial charge is 0.497 e. The summed E-state index contributed by atoms with van der Waals surface area (Å²) < 4.78 is 5.26. The fourth-order valence-corrected chi connectivity index (χ4v) is 3.43. The van der Waals surface area contributed by atoms with Gasteiger partial charge in [0.25, 0.3) is 5.91 Å². The lowest BCUT2D eigenvalue weighted by Crippen LogP contribution is -2.18. The summed E-state index contributed by atoms with van der Waals surface area (Å²) in [5, 5.41) is 3.70. The second-order valence-electron chi connectivity index (χ2n) is 5.23. The highest BCUT2D eigenvalue weighted by atomic mass is 32.2. The lowest BCUT2D eigenvalue weighted by Gasteiger charge is -2.05. The molecule has 0 spiro atoms. The zero-order valence-corrected chi connectivity index (χ0v) is 14.1. The molecule has 0 aliphatic rings. The lowest BCUT2D eigenvalue weighted by atomic mass is 10.2. The zero-order chi connectivity index (χ0) is 16.4. The van der Waals surface area contributed by atoms with Crippen LogP contribution in [0.5, 0.6) is 5.75 Å². The normalized spacial score (nSPS) is 10.7. The predicted molar refractivity (Wildman–Crippen MR) is 93.5 cm³/mol. The van der Waals surface area contributed by atoms with E-state index < -0.39 is 0 Å². The summed E-state index contributed by atoms with van der Waals surface area (Å²) in [6.45, 7) is 2.06. The van der Waals surface area contributed by atoms with Crippen LogP contribution in [-0.2, 0) is 0 Å². The van der Waals surface area contributed by atoms with Gasteiger partial charge in [-0.2, -0.15) is 0 Å². The minimum atomic E-state index is -0.130. The van der Waals surface area contributed by atoms with E-state index in [1.165, 1.54) is 5.56 Å². The number of ether oxygens (including phenoxy) is 1. The van der Waals surface area contributed by atoms with Gasteiger partial charge in [-0.25, -0.2) is 0 Å². The standard InChI is InChI=1S/C18H18N2O2S/c1-11-4-7-13(8-5-11)23-17-14-9-6-12(22-3)10-15(14)20-16(17)18(21)19-2/h4-10,20H,1-3H3,(H,19,21). The first kappa shape index (κ1) is 15.5.